The number of hydrazine groups is 1. The summed E-state index contributed by atoms with van der Waals surface area (Å²) < 4.78 is 0. The van der Waals surface area contributed by atoms with Crippen LogP contribution in [-0.2, 0) is 0 Å². The summed E-state index contributed by atoms with van der Waals surface area (Å²) in [4.78, 5) is 9.79. The van der Waals surface area contributed by atoms with Crippen molar-refractivity contribution in [2.75, 3.05) is 41.0 Å². The van der Waals surface area contributed by atoms with Crippen molar-refractivity contribution >= 4 is 34.2 Å². The van der Waals surface area contributed by atoms with E-state index in [1.807, 2.05) is 0 Å². The summed E-state index contributed by atoms with van der Waals surface area (Å²) in [6.07, 6.45) is 6.63. The second kappa shape index (κ2) is 12.3. The van der Waals surface area contributed by atoms with Crippen molar-refractivity contribution in [2.45, 2.75) is 40.7 Å². The minimum absolute atomic E-state index is 0.0171. The molecule has 5 rings (SSSR count). The van der Waals surface area contributed by atoms with Gasteiger partial charge in [0.15, 0.2) is 0 Å². The maximum Gasteiger partial charge on any atom is 0.148 e. The number of nitrogens with zero attached hydrogens (tertiary/aromatic N) is 4. The second-order valence-corrected chi connectivity index (χ2v) is 10.2. The first-order valence-corrected chi connectivity index (χ1v) is 14.6. The molecule has 1 unspecified atom stereocenters. The third-order valence-electron chi connectivity index (χ3n) is 7.86. The van der Waals surface area contributed by atoms with Crippen LogP contribution in [0.3, 0.4) is 0 Å². The number of rotatable bonds is 10. The Bertz CT molecular complexity index is 1480. The quantitative estimate of drug-likeness (QED) is 0.225. The summed E-state index contributed by atoms with van der Waals surface area (Å²) in [5.74, 6) is 0.914. The molecule has 1 aliphatic heterocycles. The third kappa shape index (κ3) is 5.69. The fraction of sp³-hybridized carbons (Fsp3) is 0.286. The predicted molar refractivity (Wildman–Crippen MR) is 172 cm³/mol. The van der Waals surface area contributed by atoms with Crippen LogP contribution in [0, 0.1) is 6.92 Å². The maximum atomic E-state index is 5.05. The monoisotopic (exact) mass is 531 g/mol. The summed E-state index contributed by atoms with van der Waals surface area (Å²) in [6.45, 7) is 15.0. The molecule has 0 aliphatic carbocycles. The van der Waals surface area contributed by atoms with Crippen LogP contribution >= 0.6 is 0 Å². The predicted octanol–water partition coefficient (Wildman–Crippen LogP) is 7.90. The lowest BCUT2D eigenvalue weighted by Crippen LogP contribution is -2.34. The Morgan fingerprint density at radius 1 is 0.775 bits per heavy atom. The van der Waals surface area contributed by atoms with Gasteiger partial charge in [0.25, 0.3) is 0 Å². The fourth-order valence-corrected chi connectivity index (χ4v) is 5.53. The molecule has 40 heavy (non-hydrogen) atoms. The smallest absolute Gasteiger partial charge is 0.148 e. The number of para-hydroxylation sites is 1. The van der Waals surface area contributed by atoms with Gasteiger partial charge < -0.3 is 9.80 Å². The highest BCUT2D eigenvalue weighted by molar-refractivity contribution is 5.84. The number of aromatic nitrogens is 1. The molecule has 0 spiro atoms. The number of fused-ring (bicyclic) bond motifs is 1. The number of aryl methyl sites for hydroxylation is 1. The molecule has 1 N–H and O–H groups in total. The molecular formula is C35H41N5. The molecule has 0 saturated carbocycles. The first-order chi connectivity index (χ1) is 19.5. The highest BCUT2D eigenvalue weighted by Gasteiger charge is 2.27. The standard InChI is InChI=1S/C35H41N5/c1-6-38(7-2)30-20-15-27(16-21-30)14-19-29-25-34(28-17-22-31(23-18-28)39(8-3)9-4)40(37-29)35-24-26(5)32-12-10-11-13-33(32)36-35/h10-25,34,37H,6-9H2,1-5H3. The van der Waals surface area contributed by atoms with E-state index in [1.54, 1.807) is 0 Å². The molecule has 1 aromatic heterocycles. The van der Waals surface area contributed by atoms with Gasteiger partial charge >= 0.3 is 0 Å². The van der Waals surface area contributed by atoms with Crippen molar-refractivity contribution < 1.29 is 0 Å². The normalized spacial score (nSPS) is 15.0. The van der Waals surface area contributed by atoms with E-state index in [-0.39, 0.29) is 6.04 Å². The van der Waals surface area contributed by atoms with Crippen molar-refractivity contribution in [3.8, 4) is 0 Å². The van der Waals surface area contributed by atoms with E-state index >= 15 is 0 Å². The minimum atomic E-state index is 0.0171. The Morgan fingerprint density at radius 3 is 2.00 bits per heavy atom. The van der Waals surface area contributed by atoms with Gasteiger partial charge in [-0.2, -0.15) is 0 Å². The van der Waals surface area contributed by atoms with Gasteiger partial charge in [-0.25, -0.2) is 4.98 Å². The van der Waals surface area contributed by atoms with E-state index in [1.165, 1.54) is 33.5 Å². The van der Waals surface area contributed by atoms with Gasteiger partial charge in [0, 0.05) is 42.9 Å². The molecule has 0 saturated heterocycles. The molecule has 3 aromatic carbocycles. The molecule has 0 radical (unpaired) electrons. The van der Waals surface area contributed by atoms with Crippen LogP contribution in [0.15, 0.2) is 96.7 Å². The average molecular weight is 532 g/mol. The van der Waals surface area contributed by atoms with Crippen molar-refractivity contribution in [2.24, 2.45) is 0 Å². The zero-order valence-corrected chi connectivity index (χ0v) is 24.4. The molecule has 0 bridgehead atoms. The van der Waals surface area contributed by atoms with Crippen LogP contribution in [0.1, 0.15) is 50.4 Å². The first-order valence-electron chi connectivity index (χ1n) is 14.6. The molecular weight excluding hydrogens is 490 g/mol. The fourth-order valence-electron chi connectivity index (χ4n) is 5.53. The maximum absolute atomic E-state index is 5.05. The van der Waals surface area contributed by atoms with Gasteiger partial charge in [-0.15, -0.1) is 0 Å². The molecule has 1 aliphatic rings. The van der Waals surface area contributed by atoms with Crippen molar-refractivity contribution in [1.29, 1.82) is 0 Å². The van der Waals surface area contributed by atoms with Crippen LogP contribution in [0.25, 0.3) is 17.0 Å². The zero-order valence-electron chi connectivity index (χ0n) is 24.4. The molecule has 5 nitrogen and oxygen atoms in total. The molecule has 4 aromatic rings. The van der Waals surface area contributed by atoms with Crippen molar-refractivity contribution in [1.82, 2.24) is 10.4 Å². The van der Waals surface area contributed by atoms with Gasteiger partial charge in [0.2, 0.25) is 0 Å². The van der Waals surface area contributed by atoms with Crippen LogP contribution in [0.4, 0.5) is 17.2 Å². The highest BCUT2D eigenvalue weighted by Crippen LogP contribution is 2.34. The Balaban J connectivity index is 1.46. The summed E-state index contributed by atoms with van der Waals surface area (Å²) in [5.41, 5.74) is 11.8. The molecule has 5 heteroatoms. The van der Waals surface area contributed by atoms with Crippen LogP contribution in [0.2, 0.25) is 0 Å². The largest absolute Gasteiger partial charge is 0.372 e. The van der Waals surface area contributed by atoms with Gasteiger partial charge in [-0.1, -0.05) is 48.5 Å². The Kier molecular flexibility index (Phi) is 8.40. The lowest BCUT2D eigenvalue weighted by molar-refractivity contribution is 0.698. The summed E-state index contributed by atoms with van der Waals surface area (Å²) in [6, 6.07) is 28.3. The molecule has 0 amide bonds. The third-order valence-corrected chi connectivity index (χ3v) is 7.86. The zero-order chi connectivity index (χ0) is 28.1. The molecule has 2 heterocycles. The van der Waals surface area contributed by atoms with Crippen molar-refractivity contribution in [3.63, 3.8) is 0 Å². The highest BCUT2D eigenvalue weighted by atomic mass is 15.6. The van der Waals surface area contributed by atoms with E-state index < -0.39 is 0 Å². The minimum Gasteiger partial charge on any atom is -0.372 e. The van der Waals surface area contributed by atoms with Gasteiger partial charge in [-0.3, -0.25) is 10.4 Å². The lowest BCUT2D eigenvalue weighted by Gasteiger charge is -2.28. The molecule has 0 fully saturated rings. The number of hydrogen-bond donors (Lipinski definition) is 1. The number of pyridine rings is 1. The number of allylic oxidation sites excluding steroid dienone is 1. The van der Waals surface area contributed by atoms with Gasteiger partial charge in [-0.05, 0) is 99.9 Å². The summed E-state index contributed by atoms with van der Waals surface area (Å²) in [5, 5.41) is 3.38. The van der Waals surface area contributed by atoms with Gasteiger partial charge in [0.1, 0.15) is 5.82 Å². The van der Waals surface area contributed by atoms with E-state index in [0.717, 1.165) is 43.2 Å². The summed E-state index contributed by atoms with van der Waals surface area (Å²) >= 11 is 0. The summed E-state index contributed by atoms with van der Waals surface area (Å²) in [7, 11) is 0. The Labute approximate surface area is 239 Å². The van der Waals surface area contributed by atoms with Crippen LogP contribution in [0.5, 0.6) is 0 Å². The number of anilines is 3. The van der Waals surface area contributed by atoms with E-state index in [2.05, 4.69) is 152 Å². The van der Waals surface area contributed by atoms with Crippen LogP contribution in [-0.4, -0.2) is 31.2 Å². The van der Waals surface area contributed by atoms with Crippen molar-refractivity contribution in [3.05, 3.63) is 113 Å². The lowest BCUT2D eigenvalue weighted by atomic mass is 10.0. The second-order valence-electron chi connectivity index (χ2n) is 10.2. The number of nitrogens with one attached hydrogen (secondary N) is 1. The molecule has 1 atom stereocenters. The average Bonchev–Trinajstić information content (AvgIpc) is 3.43. The van der Waals surface area contributed by atoms with E-state index in [9.17, 15) is 0 Å². The number of hydrogen-bond acceptors (Lipinski definition) is 5. The first kappa shape index (κ1) is 27.3. The SMILES string of the molecule is CCN(CC)c1ccc(C=CC2=CC(c3ccc(N(CC)CC)cc3)N(c3cc(C)c4ccccc4n3)N2)cc1. The number of benzene rings is 3. The Morgan fingerprint density at radius 2 is 1.38 bits per heavy atom. The molecule has 206 valence electrons. The van der Waals surface area contributed by atoms with Gasteiger partial charge in [0.05, 0.1) is 17.3 Å². The Hall–Kier alpha value is -4.25. The van der Waals surface area contributed by atoms with E-state index in [0.29, 0.717) is 0 Å². The topological polar surface area (TPSA) is 34.6 Å². The van der Waals surface area contributed by atoms with Crippen LogP contribution < -0.4 is 20.2 Å². The van der Waals surface area contributed by atoms with E-state index in [4.69, 9.17) is 4.98 Å².